The highest BCUT2D eigenvalue weighted by molar-refractivity contribution is 7.12. The van der Waals surface area contributed by atoms with Crippen LogP contribution in [0, 0.1) is 5.41 Å². The summed E-state index contributed by atoms with van der Waals surface area (Å²) in [6.45, 7) is 0. The first-order chi connectivity index (χ1) is 16.2. The van der Waals surface area contributed by atoms with Crippen molar-refractivity contribution in [2.24, 2.45) is 0 Å². The molecule has 3 aromatic carbocycles. The van der Waals surface area contributed by atoms with Gasteiger partial charge in [-0.3, -0.25) is 10.2 Å². The Labute approximate surface area is 210 Å². The zero-order chi connectivity index (χ0) is 22.9. The van der Waals surface area contributed by atoms with Crippen LogP contribution < -0.4 is 16.0 Å². The largest absolute Gasteiger partial charge is 0.363 e. The first-order valence-electron chi connectivity index (χ1n) is 10.8. The molecule has 7 heteroatoms. The molecule has 0 saturated heterocycles. The molecule has 1 aromatic heterocycles. The van der Waals surface area contributed by atoms with Crippen LogP contribution in [0.2, 0.25) is 0 Å². The minimum Gasteiger partial charge on any atom is -0.363 e. The van der Waals surface area contributed by atoms with Crippen molar-refractivity contribution in [3.8, 4) is 0 Å². The number of nitrogens with one attached hydrogen (secondary N) is 4. The van der Waals surface area contributed by atoms with E-state index in [-0.39, 0.29) is 24.4 Å². The third-order valence-electron chi connectivity index (χ3n) is 5.18. The third-order valence-corrected chi connectivity index (χ3v) is 6.07. The van der Waals surface area contributed by atoms with Crippen molar-refractivity contribution in [1.29, 1.82) is 5.41 Å². The number of hydrogen-bond donors (Lipinski definition) is 4. The summed E-state index contributed by atoms with van der Waals surface area (Å²) in [5, 5.41) is 19.9. The van der Waals surface area contributed by atoms with Crippen molar-refractivity contribution in [3.63, 3.8) is 0 Å². The molecule has 0 bridgehead atoms. The number of para-hydroxylation sites is 1. The molecule has 0 aliphatic heterocycles. The summed E-state index contributed by atoms with van der Waals surface area (Å²) in [4.78, 5) is 13.5. The van der Waals surface area contributed by atoms with Crippen LogP contribution in [0.1, 0.15) is 29.3 Å². The number of benzene rings is 3. The van der Waals surface area contributed by atoms with Gasteiger partial charge in [0.1, 0.15) is 5.84 Å². The maximum atomic E-state index is 12.6. The number of carbonyl (C=O) groups excluding carboxylic acids is 1. The van der Waals surface area contributed by atoms with Crippen molar-refractivity contribution in [1.82, 2.24) is 5.32 Å². The van der Waals surface area contributed by atoms with Crippen LogP contribution in [-0.2, 0) is 4.79 Å². The van der Waals surface area contributed by atoms with Gasteiger partial charge >= 0.3 is 0 Å². The Balaban J connectivity index is 0.00000324. The van der Waals surface area contributed by atoms with Crippen LogP contribution in [0.5, 0.6) is 0 Å². The van der Waals surface area contributed by atoms with Gasteiger partial charge in [0.05, 0.1) is 10.9 Å². The monoisotopic (exact) mass is 490 g/mol. The first-order valence-corrected chi connectivity index (χ1v) is 11.7. The Morgan fingerprint density at radius 3 is 2.06 bits per heavy atom. The minimum absolute atomic E-state index is 0. The molecule has 1 heterocycles. The second kappa shape index (κ2) is 12.6. The Morgan fingerprint density at radius 2 is 1.41 bits per heavy atom. The first kappa shape index (κ1) is 25.0. The van der Waals surface area contributed by atoms with E-state index in [4.69, 9.17) is 5.41 Å². The second-order valence-electron chi connectivity index (χ2n) is 7.62. The molecular weight excluding hydrogens is 464 g/mol. The number of amides is 1. The fourth-order valence-electron chi connectivity index (χ4n) is 3.50. The highest BCUT2D eigenvalue weighted by Crippen LogP contribution is 2.22. The molecule has 0 spiro atoms. The van der Waals surface area contributed by atoms with E-state index in [9.17, 15) is 4.79 Å². The Kier molecular flexibility index (Phi) is 9.26. The molecule has 1 atom stereocenters. The highest BCUT2D eigenvalue weighted by atomic mass is 35.5. The van der Waals surface area contributed by atoms with Gasteiger partial charge in [0, 0.05) is 23.5 Å². The number of halogens is 1. The molecule has 4 N–H and O–H groups in total. The maximum absolute atomic E-state index is 12.6. The molecular formula is C27H27ClN4OS. The lowest BCUT2D eigenvalue weighted by atomic mass is 10.0. The standard InChI is InChI=1S/C27H26N4OS.ClH/c28-27(25-12-7-19-33-25)31-24(20-8-3-1-4-9-20)17-18-26(32)30-23-15-13-22(14-16-23)29-21-10-5-2-6-11-21;/h1-16,19,24,29H,17-18H2,(H2,28,31)(H,30,32);1H. The molecule has 5 nitrogen and oxygen atoms in total. The quantitative estimate of drug-likeness (QED) is 0.151. The summed E-state index contributed by atoms with van der Waals surface area (Å²) < 4.78 is 0. The number of thiophene rings is 1. The van der Waals surface area contributed by atoms with Gasteiger partial charge in [-0.25, -0.2) is 0 Å². The molecule has 34 heavy (non-hydrogen) atoms. The Bertz CT molecular complexity index is 1170. The van der Waals surface area contributed by atoms with Gasteiger partial charge in [0.15, 0.2) is 0 Å². The zero-order valence-corrected chi connectivity index (χ0v) is 20.2. The molecule has 0 radical (unpaired) electrons. The van der Waals surface area contributed by atoms with Crippen molar-refractivity contribution >= 4 is 52.5 Å². The molecule has 0 saturated carbocycles. The van der Waals surface area contributed by atoms with Gasteiger partial charge in [0.2, 0.25) is 5.91 Å². The number of anilines is 3. The SMILES string of the molecule is Cl.N=C(NC(CCC(=O)Nc1ccc(Nc2ccccc2)cc1)c1ccccc1)c1cccs1. The summed E-state index contributed by atoms with van der Waals surface area (Å²) in [5.41, 5.74) is 3.79. The molecule has 174 valence electrons. The lowest BCUT2D eigenvalue weighted by Crippen LogP contribution is -2.29. The topological polar surface area (TPSA) is 77.0 Å². The van der Waals surface area contributed by atoms with Crippen molar-refractivity contribution in [2.75, 3.05) is 10.6 Å². The number of rotatable bonds is 9. The summed E-state index contributed by atoms with van der Waals surface area (Å²) >= 11 is 1.52. The van der Waals surface area contributed by atoms with Crippen molar-refractivity contribution in [3.05, 3.63) is 113 Å². The van der Waals surface area contributed by atoms with Crippen LogP contribution in [0.15, 0.2) is 102 Å². The predicted octanol–water partition coefficient (Wildman–Crippen LogP) is 6.99. The Morgan fingerprint density at radius 1 is 0.794 bits per heavy atom. The van der Waals surface area contributed by atoms with Crippen molar-refractivity contribution < 1.29 is 4.79 Å². The van der Waals surface area contributed by atoms with Crippen LogP contribution in [-0.4, -0.2) is 11.7 Å². The lowest BCUT2D eigenvalue weighted by Gasteiger charge is -2.20. The molecule has 4 aromatic rings. The second-order valence-corrected chi connectivity index (χ2v) is 8.56. The van der Waals surface area contributed by atoms with Crippen LogP contribution in [0.25, 0.3) is 0 Å². The van der Waals surface area contributed by atoms with Crippen LogP contribution >= 0.6 is 23.7 Å². The fraction of sp³-hybridized carbons (Fsp3) is 0.111. The lowest BCUT2D eigenvalue weighted by molar-refractivity contribution is -0.116. The summed E-state index contributed by atoms with van der Waals surface area (Å²) in [6.07, 6.45) is 0.922. The molecule has 4 rings (SSSR count). The van der Waals surface area contributed by atoms with Crippen LogP contribution in [0.3, 0.4) is 0 Å². The van der Waals surface area contributed by atoms with E-state index in [0.717, 1.165) is 27.5 Å². The molecule has 1 unspecified atom stereocenters. The normalized spacial score (nSPS) is 11.1. The fourth-order valence-corrected chi connectivity index (χ4v) is 4.14. The van der Waals surface area contributed by atoms with E-state index in [1.165, 1.54) is 11.3 Å². The summed E-state index contributed by atoms with van der Waals surface area (Å²) in [7, 11) is 0. The van der Waals surface area contributed by atoms with Gasteiger partial charge in [-0.1, -0.05) is 54.6 Å². The van der Waals surface area contributed by atoms with E-state index >= 15 is 0 Å². The number of hydrogen-bond acceptors (Lipinski definition) is 4. The number of carbonyl (C=O) groups is 1. The zero-order valence-electron chi connectivity index (χ0n) is 18.5. The highest BCUT2D eigenvalue weighted by Gasteiger charge is 2.16. The third kappa shape index (κ3) is 7.20. The van der Waals surface area contributed by atoms with Gasteiger partial charge in [0.25, 0.3) is 0 Å². The van der Waals surface area contributed by atoms with Gasteiger partial charge in [-0.05, 0) is 59.8 Å². The summed E-state index contributed by atoms with van der Waals surface area (Å²) in [5.74, 6) is 0.324. The van der Waals surface area contributed by atoms with Gasteiger partial charge < -0.3 is 16.0 Å². The average Bonchev–Trinajstić information content (AvgIpc) is 3.39. The molecule has 1 amide bonds. The number of amidine groups is 1. The molecule has 0 fully saturated rings. The van der Waals surface area contributed by atoms with E-state index in [1.807, 2.05) is 102 Å². The van der Waals surface area contributed by atoms with Gasteiger partial charge in [-0.2, -0.15) is 0 Å². The summed E-state index contributed by atoms with van der Waals surface area (Å²) in [6, 6.07) is 31.3. The van der Waals surface area contributed by atoms with Crippen molar-refractivity contribution in [2.45, 2.75) is 18.9 Å². The molecule has 0 aliphatic rings. The van der Waals surface area contributed by atoms with Gasteiger partial charge in [-0.15, -0.1) is 23.7 Å². The maximum Gasteiger partial charge on any atom is 0.224 e. The van der Waals surface area contributed by atoms with E-state index in [1.54, 1.807) is 0 Å². The van der Waals surface area contributed by atoms with E-state index in [2.05, 4.69) is 16.0 Å². The molecule has 0 aliphatic carbocycles. The van der Waals surface area contributed by atoms with E-state index in [0.29, 0.717) is 18.7 Å². The van der Waals surface area contributed by atoms with E-state index < -0.39 is 0 Å². The predicted molar refractivity (Wildman–Crippen MR) is 145 cm³/mol. The minimum atomic E-state index is -0.121. The van der Waals surface area contributed by atoms with Crippen LogP contribution in [0.4, 0.5) is 17.1 Å². The Hall–Kier alpha value is -3.61. The smallest absolute Gasteiger partial charge is 0.224 e. The average molecular weight is 491 g/mol.